The largest absolute Gasteiger partial charge is 0.349 e. The quantitative estimate of drug-likeness (QED) is 0.323. The van der Waals surface area contributed by atoms with Gasteiger partial charge in [-0.3, -0.25) is 14.4 Å². The number of nitrogens with one attached hydrogen (secondary N) is 1. The number of likely N-dealkylation sites (tertiary alicyclic amines) is 1. The SMILES string of the molecule is CCCCN1C(=O)/C(=C/c2ccc(F)cc2)CC1(C(=O)NC(C)(C)C)C(=O)c1ccc(Cl)cc1. The van der Waals surface area contributed by atoms with Crippen molar-refractivity contribution in [1.29, 1.82) is 0 Å². The fourth-order valence-electron chi connectivity index (χ4n) is 4.07. The summed E-state index contributed by atoms with van der Waals surface area (Å²) in [5, 5.41) is 3.39. The van der Waals surface area contributed by atoms with Crippen LogP contribution in [0.1, 0.15) is 62.9 Å². The second kappa shape index (κ2) is 10.1. The monoisotopic (exact) mass is 484 g/mol. The third kappa shape index (κ3) is 5.39. The molecule has 2 aromatic carbocycles. The third-order valence-electron chi connectivity index (χ3n) is 5.72. The number of carbonyl (C=O) groups is 3. The number of carbonyl (C=O) groups excluding carboxylic acids is 3. The van der Waals surface area contributed by atoms with Gasteiger partial charge < -0.3 is 10.2 Å². The maximum atomic E-state index is 14.0. The van der Waals surface area contributed by atoms with Crippen LogP contribution in [0.5, 0.6) is 0 Å². The second-order valence-corrected chi connectivity index (χ2v) is 10.0. The molecule has 1 N–H and O–H groups in total. The van der Waals surface area contributed by atoms with Crippen molar-refractivity contribution >= 4 is 35.3 Å². The van der Waals surface area contributed by atoms with Crippen molar-refractivity contribution in [2.75, 3.05) is 6.54 Å². The predicted molar refractivity (Wildman–Crippen MR) is 132 cm³/mol. The van der Waals surface area contributed by atoms with Gasteiger partial charge in [0.2, 0.25) is 0 Å². The fourth-order valence-corrected chi connectivity index (χ4v) is 4.19. The van der Waals surface area contributed by atoms with E-state index in [9.17, 15) is 18.8 Å². The molecule has 180 valence electrons. The van der Waals surface area contributed by atoms with Crippen LogP contribution in [0.15, 0.2) is 54.1 Å². The highest BCUT2D eigenvalue weighted by Crippen LogP contribution is 2.39. The Balaban J connectivity index is 2.17. The molecule has 1 heterocycles. The van der Waals surface area contributed by atoms with E-state index in [2.05, 4.69) is 5.32 Å². The summed E-state index contributed by atoms with van der Waals surface area (Å²) in [5.74, 6) is -1.74. The van der Waals surface area contributed by atoms with Gasteiger partial charge in [0.05, 0.1) is 0 Å². The number of unbranched alkanes of at least 4 members (excludes halogenated alkanes) is 1. The van der Waals surface area contributed by atoms with E-state index in [0.29, 0.717) is 28.1 Å². The Labute approximate surface area is 205 Å². The van der Waals surface area contributed by atoms with E-state index >= 15 is 0 Å². The summed E-state index contributed by atoms with van der Waals surface area (Å²) < 4.78 is 13.4. The Hall–Kier alpha value is -2.99. The smallest absolute Gasteiger partial charge is 0.254 e. The Bertz CT molecular complexity index is 1100. The molecule has 0 radical (unpaired) electrons. The number of halogens is 2. The molecule has 3 rings (SSSR count). The first-order chi connectivity index (χ1) is 16.0. The van der Waals surface area contributed by atoms with Gasteiger partial charge in [0.1, 0.15) is 5.82 Å². The topological polar surface area (TPSA) is 66.5 Å². The van der Waals surface area contributed by atoms with Gasteiger partial charge in [-0.2, -0.15) is 0 Å². The summed E-state index contributed by atoms with van der Waals surface area (Å²) in [7, 11) is 0. The first kappa shape index (κ1) is 25.6. The lowest BCUT2D eigenvalue weighted by Gasteiger charge is -2.37. The maximum Gasteiger partial charge on any atom is 0.254 e. The molecule has 1 atom stereocenters. The van der Waals surface area contributed by atoms with E-state index in [-0.39, 0.29) is 24.7 Å². The molecular weight excluding hydrogens is 455 g/mol. The van der Waals surface area contributed by atoms with Gasteiger partial charge in [0.15, 0.2) is 11.3 Å². The zero-order valence-corrected chi connectivity index (χ0v) is 20.7. The first-order valence-corrected chi connectivity index (χ1v) is 11.8. The van der Waals surface area contributed by atoms with Crippen LogP contribution in [0.2, 0.25) is 5.02 Å². The lowest BCUT2D eigenvalue weighted by molar-refractivity contribution is -0.139. The van der Waals surface area contributed by atoms with Crippen molar-refractivity contribution in [2.45, 2.75) is 58.0 Å². The molecule has 0 bridgehead atoms. The van der Waals surface area contributed by atoms with Crippen LogP contribution in [0, 0.1) is 5.82 Å². The highest BCUT2D eigenvalue weighted by Gasteiger charge is 2.58. The average molecular weight is 485 g/mol. The van der Waals surface area contributed by atoms with Crippen LogP contribution in [-0.2, 0) is 9.59 Å². The zero-order valence-electron chi connectivity index (χ0n) is 20.0. The molecule has 7 heteroatoms. The molecule has 0 saturated carbocycles. The van der Waals surface area contributed by atoms with Gasteiger partial charge in [-0.25, -0.2) is 4.39 Å². The molecule has 2 aromatic rings. The molecule has 5 nitrogen and oxygen atoms in total. The summed E-state index contributed by atoms with van der Waals surface area (Å²) in [4.78, 5) is 42.8. The van der Waals surface area contributed by atoms with E-state index in [1.165, 1.54) is 17.0 Å². The number of nitrogens with zero attached hydrogens (tertiary/aromatic N) is 1. The minimum Gasteiger partial charge on any atom is -0.349 e. The van der Waals surface area contributed by atoms with E-state index in [1.54, 1.807) is 42.5 Å². The lowest BCUT2D eigenvalue weighted by atomic mass is 9.83. The molecular formula is C27H30ClFN2O3. The molecule has 2 amide bonds. The standard InChI is InChI=1S/C27H30ClFN2O3/c1-5-6-15-31-24(33)20(16-18-7-13-22(29)14-8-18)17-27(31,25(34)30-26(2,3)4)23(32)19-9-11-21(28)12-10-19/h7-14,16H,5-6,15,17H2,1-4H3,(H,30,34)/b20-16+. The average Bonchev–Trinajstić information content (AvgIpc) is 3.05. The molecule has 1 unspecified atom stereocenters. The summed E-state index contributed by atoms with van der Waals surface area (Å²) in [6.07, 6.45) is 2.96. The summed E-state index contributed by atoms with van der Waals surface area (Å²) in [5.41, 5.74) is -1.11. The molecule has 34 heavy (non-hydrogen) atoms. The zero-order chi connectivity index (χ0) is 25.1. The first-order valence-electron chi connectivity index (χ1n) is 11.4. The van der Waals surface area contributed by atoms with Gasteiger partial charge >= 0.3 is 0 Å². The molecule has 1 aliphatic rings. The fraction of sp³-hybridized carbons (Fsp3) is 0.370. The third-order valence-corrected chi connectivity index (χ3v) is 5.97. The highest BCUT2D eigenvalue weighted by molar-refractivity contribution is 6.31. The number of rotatable bonds is 7. The Kier molecular flexibility index (Phi) is 7.61. The minimum atomic E-state index is -1.74. The van der Waals surface area contributed by atoms with Crippen LogP contribution in [0.3, 0.4) is 0 Å². The Morgan fingerprint density at radius 3 is 2.29 bits per heavy atom. The van der Waals surface area contributed by atoms with Crippen molar-refractivity contribution in [3.05, 3.63) is 76.1 Å². The molecule has 0 aromatic heterocycles. The van der Waals surface area contributed by atoms with Crippen molar-refractivity contribution in [3.63, 3.8) is 0 Å². The van der Waals surface area contributed by atoms with E-state index in [4.69, 9.17) is 11.6 Å². The highest BCUT2D eigenvalue weighted by atomic mass is 35.5. The Morgan fingerprint density at radius 1 is 1.12 bits per heavy atom. The van der Waals surface area contributed by atoms with Gasteiger partial charge in [-0.1, -0.05) is 37.1 Å². The lowest BCUT2D eigenvalue weighted by Crippen LogP contribution is -2.64. The van der Waals surface area contributed by atoms with E-state index in [0.717, 1.165) is 6.42 Å². The molecule has 0 aliphatic carbocycles. The van der Waals surface area contributed by atoms with E-state index in [1.807, 2.05) is 27.7 Å². The van der Waals surface area contributed by atoms with Gasteiger partial charge in [-0.15, -0.1) is 0 Å². The minimum absolute atomic E-state index is 0.0870. The second-order valence-electron chi connectivity index (χ2n) is 9.61. The van der Waals surface area contributed by atoms with Crippen molar-refractivity contribution in [3.8, 4) is 0 Å². The number of Topliss-reactive ketones (excluding diaryl/α,β-unsaturated/α-hetero) is 1. The van der Waals surface area contributed by atoms with Crippen molar-refractivity contribution < 1.29 is 18.8 Å². The predicted octanol–water partition coefficient (Wildman–Crippen LogP) is 5.43. The number of benzene rings is 2. The molecule has 1 saturated heterocycles. The van der Waals surface area contributed by atoms with Crippen molar-refractivity contribution in [1.82, 2.24) is 10.2 Å². The molecule has 1 fully saturated rings. The molecule has 0 spiro atoms. The summed E-state index contributed by atoms with van der Waals surface area (Å²) in [6, 6.07) is 12.0. The van der Waals surface area contributed by atoms with E-state index < -0.39 is 22.8 Å². The van der Waals surface area contributed by atoms with Crippen molar-refractivity contribution in [2.24, 2.45) is 0 Å². The maximum absolute atomic E-state index is 14.0. The van der Waals surface area contributed by atoms with Gasteiger partial charge in [0, 0.05) is 34.7 Å². The Morgan fingerprint density at radius 2 is 1.74 bits per heavy atom. The van der Waals surface area contributed by atoms with Crippen LogP contribution in [0.4, 0.5) is 4.39 Å². The summed E-state index contributed by atoms with van der Waals surface area (Å²) >= 11 is 6.01. The molecule has 1 aliphatic heterocycles. The van der Waals surface area contributed by atoms with Crippen LogP contribution >= 0.6 is 11.6 Å². The number of amides is 2. The van der Waals surface area contributed by atoms with Crippen LogP contribution in [0.25, 0.3) is 6.08 Å². The van der Waals surface area contributed by atoms with Gasteiger partial charge in [0.25, 0.3) is 11.8 Å². The van der Waals surface area contributed by atoms with Crippen LogP contribution in [-0.4, -0.2) is 40.1 Å². The van der Waals surface area contributed by atoms with Gasteiger partial charge in [-0.05, 0) is 75.2 Å². The summed E-state index contributed by atoms with van der Waals surface area (Å²) in [6.45, 7) is 7.72. The normalized spacial score (nSPS) is 19.5. The number of ketones is 1. The van der Waals surface area contributed by atoms with Crippen LogP contribution < -0.4 is 5.32 Å². The number of hydrogen-bond donors (Lipinski definition) is 1. The number of hydrogen-bond acceptors (Lipinski definition) is 3.